The SMILES string of the molecule is CC.NCl. The molecule has 0 fully saturated rings. The minimum atomic E-state index is 2.00. The first-order chi connectivity index (χ1) is 2.00. The third-order valence-electron chi connectivity index (χ3n) is 0. The van der Waals surface area contributed by atoms with E-state index in [1.54, 1.807) is 0 Å². The first-order valence-electron chi connectivity index (χ1n) is 1.22. The highest BCUT2D eigenvalue weighted by Crippen LogP contribution is 1.15. The standard InChI is InChI=1S/C2H6.ClH2N/c2*1-2/h1-2H3;2H2. The van der Waals surface area contributed by atoms with Gasteiger partial charge in [-0.25, -0.2) is 5.25 Å². The Balaban J connectivity index is 0. The summed E-state index contributed by atoms with van der Waals surface area (Å²) in [6.07, 6.45) is 0. The van der Waals surface area contributed by atoms with E-state index in [2.05, 4.69) is 17.0 Å². The van der Waals surface area contributed by atoms with Gasteiger partial charge in [0.25, 0.3) is 0 Å². The van der Waals surface area contributed by atoms with Crippen LogP contribution in [-0.4, -0.2) is 0 Å². The molecule has 1 nitrogen and oxygen atoms in total. The Kier molecular flexibility index (Phi) is 584. The maximum Gasteiger partial charge on any atom is -0.0285 e. The summed E-state index contributed by atoms with van der Waals surface area (Å²) in [5.74, 6) is 0. The summed E-state index contributed by atoms with van der Waals surface area (Å²) < 4.78 is 0. The van der Waals surface area contributed by atoms with Gasteiger partial charge in [-0.1, -0.05) is 13.8 Å². The lowest BCUT2D eigenvalue weighted by atomic mass is 11.0. The number of hydrogen-bond donors (Lipinski definition) is 1. The van der Waals surface area contributed by atoms with Gasteiger partial charge in [0.15, 0.2) is 0 Å². The molecule has 2 N–H and O–H groups in total. The molecular formula is C2H8ClN. The molecule has 0 atom stereocenters. The zero-order valence-electron chi connectivity index (χ0n) is 2.96. The van der Waals surface area contributed by atoms with Gasteiger partial charge in [0.05, 0.1) is 0 Å². The smallest absolute Gasteiger partial charge is 0.0285 e. The average molecular weight is 81.5 g/mol. The van der Waals surface area contributed by atoms with Crippen LogP contribution >= 0.6 is 11.8 Å². The molecule has 0 amide bonds. The minimum Gasteiger partial charge on any atom is -0.247 e. The molecular weight excluding hydrogens is 73.5 g/mol. The van der Waals surface area contributed by atoms with Crippen LogP contribution in [0.3, 0.4) is 0 Å². The van der Waals surface area contributed by atoms with Gasteiger partial charge in [-0.05, 0) is 11.8 Å². The highest BCUT2D eigenvalue weighted by atomic mass is 35.5. The number of rotatable bonds is 0. The van der Waals surface area contributed by atoms with E-state index in [-0.39, 0.29) is 0 Å². The summed E-state index contributed by atoms with van der Waals surface area (Å²) in [5.41, 5.74) is 0. The third-order valence-corrected chi connectivity index (χ3v) is 0. The molecule has 28 valence electrons. The molecule has 0 bridgehead atoms. The number of halogens is 1. The van der Waals surface area contributed by atoms with Crippen molar-refractivity contribution in [2.75, 3.05) is 0 Å². The summed E-state index contributed by atoms with van der Waals surface area (Å²) in [4.78, 5) is 0. The molecule has 0 unspecified atom stereocenters. The van der Waals surface area contributed by atoms with Gasteiger partial charge < -0.3 is 0 Å². The molecule has 0 saturated carbocycles. The summed E-state index contributed by atoms with van der Waals surface area (Å²) in [7, 11) is 0. The van der Waals surface area contributed by atoms with Crippen LogP contribution in [-0.2, 0) is 0 Å². The van der Waals surface area contributed by atoms with Crippen molar-refractivity contribution in [1.82, 2.24) is 0 Å². The fraction of sp³-hybridized carbons (Fsp3) is 1.00. The molecule has 0 saturated heterocycles. The second kappa shape index (κ2) is 263. The monoisotopic (exact) mass is 81.0 g/mol. The third kappa shape index (κ3) is 56.3. The predicted molar refractivity (Wildman–Crippen MR) is 21.4 cm³/mol. The number of hydrogen-bond acceptors (Lipinski definition) is 1. The van der Waals surface area contributed by atoms with Crippen LogP contribution in [0.2, 0.25) is 0 Å². The first kappa shape index (κ1) is 8.87. The molecule has 0 aliphatic rings. The second-order valence-electron chi connectivity index (χ2n) is 0. The van der Waals surface area contributed by atoms with Crippen LogP contribution in [0.5, 0.6) is 0 Å². The van der Waals surface area contributed by atoms with Gasteiger partial charge in [0.1, 0.15) is 0 Å². The van der Waals surface area contributed by atoms with Crippen molar-refractivity contribution in [2.45, 2.75) is 13.8 Å². The lowest BCUT2D eigenvalue weighted by Gasteiger charge is -1.14. The zero-order chi connectivity index (χ0) is 4.00. The Morgan fingerprint density at radius 1 is 1.25 bits per heavy atom. The lowest BCUT2D eigenvalue weighted by molar-refractivity contribution is 1.50. The molecule has 0 aromatic heterocycles. The normalized spacial score (nSPS) is 3.00. The Morgan fingerprint density at radius 2 is 1.25 bits per heavy atom. The highest BCUT2D eigenvalue weighted by Gasteiger charge is 0.932. The van der Waals surface area contributed by atoms with Crippen LogP contribution in [0.4, 0.5) is 0 Å². The van der Waals surface area contributed by atoms with Crippen LogP contribution < -0.4 is 5.25 Å². The Hall–Kier alpha value is 0.250. The van der Waals surface area contributed by atoms with Crippen LogP contribution in [0.1, 0.15) is 13.8 Å². The highest BCUT2D eigenvalue weighted by molar-refractivity contribution is 6.11. The van der Waals surface area contributed by atoms with E-state index in [0.29, 0.717) is 0 Å². The largest absolute Gasteiger partial charge is 0.247 e. The Morgan fingerprint density at radius 3 is 1.25 bits per heavy atom. The van der Waals surface area contributed by atoms with Crippen molar-refractivity contribution in [3.05, 3.63) is 0 Å². The zero-order valence-corrected chi connectivity index (χ0v) is 3.71. The van der Waals surface area contributed by atoms with Gasteiger partial charge in [-0.3, -0.25) is 0 Å². The van der Waals surface area contributed by atoms with E-state index < -0.39 is 0 Å². The van der Waals surface area contributed by atoms with E-state index >= 15 is 0 Å². The Labute approximate surface area is 31.9 Å². The molecule has 2 heteroatoms. The van der Waals surface area contributed by atoms with Gasteiger partial charge >= 0.3 is 0 Å². The Bertz CT molecular complexity index is 6.00. The number of nitrogens with two attached hydrogens (primary N) is 1. The quantitative estimate of drug-likeness (QED) is 0.435. The molecule has 0 aromatic carbocycles. The first-order valence-corrected chi connectivity index (χ1v) is 1.65. The maximum atomic E-state index is 4.14. The van der Waals surface area contributed by atoms with Crippen LogP contribution in [0, 0.1) is 0 Å². The van der Waals surface area contributed by atoms with Crippen molar-refractivity contribution in [3.8, 4) is 0 Å². The molecule has 0 aliphatic carbocycles. The molecule has 0 aromatic rings. The van der Waals surface area contributed by atoms with E-state index in [1.807, 2.05) is 13.8 Å². The maximum absolute atomic E-state index is 4.14. The summed E-state index contributed by atoms with van der Waals surface area (Å²) >= 11 is 4.14. The summed E-state index contributed by atoms with van der Waals surface area (Å²) in [6.45, 7) is 4.00. The molecule has 0 heterocycles. The van der Waals surface area contributed by atoms with Crippen molar-refractivity contribution in [2.24, 2.45) is 5.25 Å². The predicted octanol–water partition coefficient (Wildman–Crippen LogP) is 1.13. The van der Waals surface area contributed by atoms with Crippen molar-refractivity contribution >= 4 is 11.8 Å². The molecule has 0 spiro atoms. The van der Waals surface area contributed by atoms with E-state index in [4.69, 9.17) is 0 Å². The van der Waals surface area contributed by atoms with Crippen molar-refractivity contribution in [3.63, 3.8) is 0 Å². The van der Waals surface area contributed by atoms with E-state index in [1.165, 1.54) is 0 Å². The van der Waals surface area contributed by atoms with Gasteiger partial charge in [0, 0.05) is 0 Å². The van der Waals surface area contributed by atoms with Crippen LogP contribution in [0.15, 0.2) is 0 Å². The topological polar surface area (TPSA) is 26.0 Å². The molecule has 0 radical (unpaired) electrons. The summed E-state index contributed by atoms with van der Waals surface area (Å²) in [6, 6.07) is 0. The van der Waals surface area contributed by atoms with Crippen molar-refractivity contribution < 1.29 is 0 Å². The lowest BCUT2D eigenvalue weighted by Crippen LogP contribution is -1.48. The van der Waals surface area contributed by atoms with E-state index in [9.17, 15) is 0 Å². The molecule has 0 rings (SSSR count). The van der Waals surface area contributed by atoms with Gasteiger partial charge in [-0.2, -0.15) is 0 Å². The van der Waals surface area contributed by atoms with E-state index in [0.717, 1.165) is 0 Å². The molecule has 4 heavy (non-hydrogen) atoms. The molecule has 0 aliphatic heterocycles. The minimum absolute atomic E-state index is 2.00. The van der Waals surface area contributed by atoms with Gasteiger partial charge in [0.2, 0.25) is 0 Å². The second-order valence-corrected chi connectivity index (χ2v) is 0. The van der Waals surface area contributed by atoms with Crippen LogP contribution in [0.25, 0.3) is 0 Å². The fourth-order valence-electron chi connectivity index (χ4n) is 0. The van der Waals surface area contributed by atoms with Gasteiger partial charge in [-0.15, -0.1) is 0 Å². The fourth-order valence-corrected chi connectivity index (χ4v) is 0. The average Bonchev–Trinajstić information content (AvgIpc) is 1.50. The van der Waals surface area contributed by atoms with Crippen molar-refractivity contribution in [1.29, 1.82) is 0 Å². The summed E-state index contributed by atoms with van der Waals surface area (Å²) in [5, 5.41) is 3.97.